The number of rotatable bonds is 3. The molecule has 96 valence electrons. The maximum Gasteiger partial charge on any atom is 0.224 e. The molecule has 0 radical (unpaired) electrons. The number of aromatic amines is 1. The van der Waals surface area contributed by atoms with Crippen LogP contribution in [0.2, 0.25) is 0 Å². The zero-order valence-electron chi connectivity index (χ0n) is 10.7. The molecule has 0 amide bonds. The predicted octanol–water partition coefficient (Wildman–Crippen LogP) is 2.45. The summed E-state index contributed by atoms with van der Waals surface area (Å²) in [4.78, 5) is 15.9. The smallest absolute Gasteiger partial charge is 0.224 e. The van der Waals surface area contributed by atoms with E-state index in [0.717, 1.165) is 28.1 Å². The van der Waals surface area contributed by atoms with Crippen LogP contribution >= 0.6 is 0 Å². The van der Waals surface area contributed by atoms with Crippen LogP contribution in [0.1, 0.15) is 5.56 Å². The largest absolute Gasteiger partial charge is 0.357 e. The van der Waals surface area contributed by atoms with E-state index in [9.17, 15) is 0 Å². The maximum atomic E-state index is 4.38. The van der Waals surface area contributed by atoms with Crippen molar-refractivity contribution < 1.29 is 0 Å². The Morgan fingerprint density at radius 1 is 1.21 bits per heavy atom. The van der Waals surface area contributed by atoms with E-state index < -0.39 is 0 Å². The van der Waals surface area contributed by atoms with Gasteiger partial charge in [0.05, 0.1) is 11.9 Å². The van der Waals surface area contributed by atoms with Gasteiger partial charge < -0.3 is 15.6 Å². The van der Waals surface area contributed by atoms with E-state index in [1.54, 1.807) is 19.4 Å². The van der Waals surface area contributed by atoms with E-state index in [4.69, 9.17) is 0 Å². The Hall–Kier alpha value is -2.63. The van der Waals surface area contributed by atoms with Gasteiger partial charge in [0.15, 0.2) is 0 Å². The summed E-state index contributed by atoms with van der Waals surface area (Å²) >= 11 is 0. The van der Waals surface area contributed by atoms with Gasteiger partial charge in [0.1, 0.15) is 11.5 Å². The first-order valence-corrected chi connectivity index (χ1v) is 5.98. The van der Waals surface area contributed by atoms with Gasteiger partial charge >= 0.3 is 0 Å². The summed E-state index contributed by atoms with van der Waals surface area (Å²) in [7, 11) is 1.79. The van der Waals surface area contributed by atoms with Crippen molar-refractivity contribution in [3.63, 3.8) is 0 Å². The van der Waals surface area contributed by atoms with Gasteiger partial charge in [-0.3, -0.25) is 0 Å². The van der Waals surface area contributed by atoms with Gasteiger partial charge in [0, 0.05) is 30.4 Å². The number of hydrogen-bond donors (Lipinski definition) is 3. The standard InChI is InChI=1S/C13H14N6/c1-8-6-17-13(14-2)19-11(8)18-10-5-9-3-4-15-12(9)16-7-10/h3-7H,1-2H3,(H,15,16)(H2,14,17,18,19). The fourth-order valence-electron chi connectivity index (χ4n) is 1.83. The van der Waals surface area contributed by atoms with Gasteiger partial charge in [0.25, 0.3) is 0 Å². The van der Waals surface area contributed by atoms with Crippen molar-refractivity contribution in [3.8, 4) is 0 Å². The van der Waals surface area contributed by atoms with E-state index in [1.807, 2.05) is 25.3 Å². The molecule has 3 heterocycles. The van der Waals surface area contributed by atoms with Crippen LogP contribution in [0, 0.1) is 6.92 Å². The van der Waals surface area contributed by atoms with Crippen LogP contribution in [0.15, 0.2) is 30.7 Å². The summed E-state index contributed by atoms with van der Waals surface area (Å²) in [5, 5.41) is 7.25. The summed E-state index contributed by atoms with van der Waals surface area (Å²) in [5.74, 6) is 1.36. The highest BCUT2D eigenvalue weighted by Crippen LogP contribution is 2.21. The second-order valence-electron chi connectivity index (χ2n) is 4.24. The molecule has 0 saturated carbocycles. The number of nitrogens with one attached hydrogen (secondary N) is 3. The van der Waals surface area contributed by atoms with Crippen LogP contribution in [-0.4, -0.2) is 27.0 Å². The lowest BCUT2D eigenvalue weighted by Gasteiger charge is -2.09. The van der Waals surface area contributed by atoms with E-state index >= 15 is 0 Å². The number of aryl methyl sites for hydroxylation is 1. The van der Waals surface area contributed by atoms with Gasteiger partial charge in [-0.1, -0.05) is 0 Å². The topological polar surface area (TPSA) is 78.5 Å². The molecule has 0 spiro atoms. The molecule has 19 heavy (non-hydrogen) atoms. The third kappa shape index (κ3) is 2.20. The van der Waals surface area contributed by atoms with Gasteiger partial charge in [-0.05, 0) is 19.1 Å². The van der Waals surface area contributed by atoms with Crippen LogP contribution in [0.5, 0.6) is 0 Å². The molecule has 0 atom stereocenters. The minimum atomic E-state index is 0.587. The van der Waals surface area contributed by atoms with Gasteiger partial charge in [-0.15, -0.1) is 0 Å². The number of H-pyrrole nitrogens is 1. The summed E-state index contributed by atoms with van der Waals surface area (Å²) < 4.78 is 0. The first-order chi connectivity index (χ1) is 9.26. The van der Waals surface area contributed by atoms with Crippen LogP contribution in [0.3, 0.4) is 0 Å². The quantitative estimate of drug-likeness (QED) is 0.669. The van der Waals surface area contributed by atoms with Gasteiger partial charge in [-0.25, -0.2) is 9.97 Å². The van der Waals surface area contributed by atoms with E-state index in [2.05, 4.69) is 30.6 Å². The second kappa shape index (κ2) is 4.56. The molecule has 3 aromatic heterocycles. The van der Waals surface area contributed by atoms with Crippen LogP contribution in [-0.2, 0) is 0 Å². The average molecular weight is 254 g/mol. The minimum Gasteiger partial charge on any atom is -0.357 e. The summed E-state index contributed by atoms with van der Waals surface area (Å²) in [5.41, 5.74) is 2.75. The zero-order valence-corrected chi connectivity index (χ0v) is 10.7. The van der Waals surface area contributed by atoms with E-state index in [-0.39, 0.29) is 0 Å². The number of anilines is 3. The third-order valence-corrected chi connectivity index (χ3v) is 2.86. The van der Waals surface area contributed by atoms with Crippen molar-refractivity contribution in [1.29, 1.82) is 0 Å². The normalized spacial score (nSPS) is 10.6. The molecular formula is C13H14N6. The number of hydrogen-bond acceptors (Lipinski definition) is 5. The van der Waals surface area contributed by atoms with Crippen LogP contribution in [0.4, 0.5) is 17.5 Å². The van der Waals surface area contributed by atoms with Gasteiger partial charge in [-0.2, -0.15) is 4.98 Å². The molecule has 0 unspecified atom stereocenters. The van der Waals surface area contributed by atoms with Crippen LogP contribution in [0.25, 0.3) is 11.0 Å². The molecule has 0 saturated heterocycles. The van der Waals surface area contributed by atoms with Crippen LogP contribution < -0.4 is 10.6 Å². The number of fused-ring (bicyclic) bond motifs is 1. The monoisotopic (exact) mass is 254 g/mol. The SMILES string of the molecule is CNc1ncc(C)c(Nc2cnc3[nH]ccc3c2)n1. The van der Waals surface area contributed by atoms with Crippen molar-refractivity contribution in [2.45, 2.75) is 6.92 Å². The number of nitrogens with zero attached hydrogens (tertiary/aromatic N) is 3. The van der Waals surface area contributed by atoms with Crippen molar-refractivity contribution in [2.24, 2.45) is 0 Å². The predicted molar refractivity (Wildman–Crippen MR) is 75.7 cm³/mol. The molecule has 0 aromatic carbocycles. The molecule has 6 nitrogen and oxygen atoms in total. The second-order valence-corrected chi connectivity index (χ2v) is 4.24. The number of aromatic nitrogens is 4. The Bertz CT molecular complexity index is 718. The molecule has 3 rings (SSSR count). The zero-order chi connectivity index (χ0) is 13.2. The third-order valence-electron chi connectivity index (χ3n) is 2.86. The maximum absolute atomic E-state index is 4.38. The Kier molecular flexibility index (Phi) is 2.75. The molecule has 0 aliphatic heterocycles. The lowest BCUT2D eigenvalue weighted by molar-refractivity contribution is 1.12. The molecule has 3 aromatic rings. The summed E-state index contributed by atoms with van der Waals surface area (Å²) in [6.45, 7) is 1.96. The van der Waals surface area contributed by atoms with Crippen molar-refractivity contribution in [1.82, 2.24) is 19.9 Å². The lowest BCUT2D eigenvalue weighted by Crippen LogP contribution is -2.02. The Labute approximate surface area is 110 Å². The van der Waals surface area contributed by atoms with Crippen molar-refractivity contribution >= 4 is 28.5 Å². The number of pyridine rings is 1. The molecule has 6 heteroatoms. The first-order valence-electron chi connectivity index (χ1n) is 5.98. The van der Waals surface area contributed by atoms with Gasteiger partial charge in [0.2, 0.25) is 5.95 Å². The molecule has 0 aliphatic rings. The summed E-state index contributed by atoms with van der Waals surface area (Å²) in [6, 6.07) is 4.01. The Balaban J connectivity index is 1.95. The molecule has 0 aliphatic carbocycles. The molecular weight excluding hydrogens is 240 g/mol. The molecule has 3 N–H and O–H groups in total. The Morgan fingerprint density at radius 2 is 2.11 bits per heavy atom. The lowest BCUT2D eigenvalue weighted by atomic mass is 10.3. The fourth-order valence-corrected chi connectivity index (χ4v) is 1.83. The minimum absolute atomic E-state index is 0.587. The highest BCUT2D eigenvalue weighted by Gasteiger charge is 2.05. The van der Waals surface area contributed by atoms with Crippen molar-refractivity contribution in [2.75, 3.05) is 17.7 Å². The van der Waals surface area contributed by atoms with E-state index in [0.29, 0.717) is 5.95 Å². The van der Waals surface area contributed by atoms with Crippen molar-refractivity contribution in [3.05, 3.63) is 36.3 Å². The Morgan fingerprint density at radius 3 is 2.95 bits per heavy atom. The average Bonchev–Trinajstić information content (AvgIpc) is 2.89. The summed E-state index contributed by atoms with van der Waals surface area (Å²) in [6.07, 6.45) is 5.43. The van der Waals surface area contributed by atoms with E-state index in [1.165, 1.54) is 0 Å². The molecule has 0 fully saturated rings. The highest BCUT2D eigenvalue weighted by molar-refractivity contribution is 5.80. The first kappa shape index (κ1) is 11.5. The fraction of sp³-hybridized carbons (Fsp3) is 0.154. The molecule has 0 bridgehead atoms. The highest BCUT2D eigenvalue weighted by atomic mass is 15.1.